The predicted octanol–water partition coefficient (Wildman–Crippen LogP) is 2.17. The molecule has 1 aliphatic heterocycles. The van der Waals surface area contributed by atoms with E-state index in [2.05, 4.69) is 20.8 Å². The SMILES string of the molecule is CC(C)(C)OC(=O)N1CCOC(CNc2cc(Cl)nnc2C(=O)NCC(F)F)C1. The Balaban J connectivity index is 1.99. The zero-order valence-electron chi connectivity index (χ0n) is 16.4. The summed E-state index contributed by atoms with van der Waals surface area (Å²) >= 11 is 5.83. The van der Waals surface area contributed by atoms with Gasteiger partial charge >= 0.3 is 6.09 Å². The summed E-state index contributed by atoms with van der Waals surface area (Å²) in [4.78, 5) is 25.8. The average molecular weight is 436 g/mol. The Morgan fingerprint density at radius 2 is 2.14 bits per heavy atom. The van der Waals surface area contributed by atoms with Gasteiger partial charge in [-0.15, -0.1) is 10.2 Å². The van der Waals surface area contributed by atoms with Crippen LogP contribution in [0.1, 0.15) is 31.3 Å². The lowest BCUT2D eigenvalue weighted by Gasteiger charge is -2.34. The molecule has 1 aliphatic rings. The number of halogens is 3. The maximum atomic E-state index is 12.3. The second-order valence-electron chi connectivity index (χ2n) is 7.33. The summed E-state index contributed by atoms with van der Waals surface area (Å²) in [5, 5.41) is 12.3. The number of ether oxygens (including phenoxy) is 2. The lowest BCUT2D eigenvalue weighted by molar-refractivity contribution is -0.0371. The lowest BCUT2D eigenvalue weighted by atomic mass is 10.2. The van der Waals surface area contributed by atoms with E-state index in [0.717, 1.165) is 0 Å². The highest BCUT2D eigenvalue weighted by Gasteiger charge is 2.28. The summed E-state index contributed by atoms with van der Waals surface area (Å²) in [7, 11) is 0. The molecule has 0 saturated carbocycles. The molecule has 0 radical (unpaired) electrons. The number of carbonyl (C=O) groups is 2. The minimum absolute atomic E-state index is 0.0258. The van der Waals surface area contributed by atoms with E-state index in [1.165, 1.54) is 11.0 Å². The molecule has 0 spiro atoms. The topological polar surface area (TPSA) is 106 Å². The molecule has 0 aromatic carbocycles. The summed E-state index contributed by atoms with van der Waals surface area (Å²) in [6.07, 6.45) is -3.52. The number of amides is 2. The first-order chi connectivity index (χ1) is 13.5. The van der Waals surface area contributed by atoms with Gasteiger partial charge in [-0.1, -0.05) is 11.6 Å². The Labute approximate surface area is 172 Å². The second kappa shape index (κ2) is 9.97. The number of rotatable bonds is 6. The fourth-order valence-electron chi connectivity index (χ4n) is 2.48. The van der Waals surface area contributed by atoms with E-state index in [0.29, 0.717) is 13.2 Å². The monoisotopic (exact) mass is 435 g/mol. The zero-order chi connectivity index (χ0) is 21.6. The fourth-order valence-corrected chi connectivity index (χ4v) is 2.63. The van der Waals surface area contributed by atoms with Crippen molar-refractivity contribution < 1.29 is 27.8 Å². The van der Waals surface area contributed by atoms with Gasteiger partial charge in [-0.3, -0.25) is 4.79 Å². The molecule has 0 bridgehead atoms. The fraction of sp³-hybridized carbons (Fsp3) is 0.647. The highest BCUT2D eigenvalue weighted by molar-refractivity contribution is 6.29. The van der Waals surface area contributed by atoms with Crippen molar-refractivity contribution in [2.75, 3.05) is 38.1 Å². The van der Waals surface area contributed by atoms with E-state index in [4.69, 9.17) is 21.1 Å². The third kappa shape index (κ3) is 7.58. The molecule has 2 amide bonds. The molecule has 1 unspecified atom stereocenters. The molecule has 1 aromatic heterocycles. The highest BCUT2D eigenvalue weighted by Crippen LogP contribution is 2.18. The summed E-state index contributed by atoms with van der Waals surface area (Å²) in [5.41, 5.74) is -0.562. The molecule has 2 N–H and O–H groups in total. The van der Waals surface area contributed by atoms with Crippen molar-refractivity contribution in [1.82, 2.24) is 20.4 Å². The van der Waals surface area contributed by atoms with Gasteiger partial charge in [-0.25, -0.2) is 13.6 Å². The summed E-state index contributed by atoms with van der Waals surface area (Å²) in [6, 6.07) is 1.36. The molecule has 2 heterocycles. The number of carbonyl (C=O) groups excluding carboxylic acids is 2. The second-order valence-corrected chi connectivity index (χ2v) is 7.72. The third-order valence-corrected chi connectivity index (χ3v) is 3.89. The van der Waals surface area contributed by atoms with Crippen LogP contribution in [-0.4, -0.2) is 78.0 Å². The van der Waals surface area contributed by atoms with Gasteiger partial charge < -0.3 is 25.0 Å². The van der Waals surface area contributed by atoms with Crippen molar-refractivity contribution in [1.29, 1.82) is 0 Å². The molecule has 29 heavy (non-hydrogen) atoms. The zero-order valence-corrected chi connectivity index (χ0v) is 17.1. The van der Waals surface area contributed by atoms with Gasteiger partial charge in [0.25, 0.3) is 12.3 Å². The number of hydrogen-bond donors (Lipinski definition) is 2. The van der Waals surface area contributed by atoms with Crippen molar-refractivity contribution in [2.45, 2.75) is 38.9 Å². The third-order valence-electron chi connectivity index (χ3n) is 3.71. The number of morpholine rings is 1. The number of nitrogens with zero attached hydrogens (tertiary/aromatic N) is 3. The van der Waals surface area contributed by atoms with Gasteiger partial charge in [0.1, 0.15) is 5.60 Å². The van der Waals surface area contributed by atoms with Crippen LogP contribution in [0.15, 0.2) is 6.07 Å². The smallest absolute Gasteiger partial charge is 0.410 e. The van der Waals surface area contributed by atoms with E-state index in [-0.39, 0.29) is 35.7 Å². The molecular weight excluding hydrogens is 412 g/mol. The Hall–Kier alpha value is -2.27. The summed E-state index contributed by atoms with van der Waals surface area (Å²) < 4.78 is 35.7. The number of aromatic nitrogens is 2. The van der Waals surface area contributed by atoms with Crippen LogP contribution in [0.5, 0.6) is 0 Å². The minimum atomic E-state index is -2.69. The van der Waals surface area contributed by atoms with Crippen LogP contribution < -0.4 is 10.6 Å². The van der Waals surface area contributed by atoms with Gasteiger partial charge in [0.2, 0.25) is 0 Å². The number of anilines is 1. The predicted molar refractivity (Wildman–Crippen MR) is 101 cm³/mol. The normalized spacial score (nSPS) is 17.2. The van der Waals surface area contributed by atoms with Gasteiger partial charge in [0, 0.05) is 19.2 Å². The lowest BCUT2D eigenvalue weighted by Crippen LogP contribution is -2.49. The largest absolute Gasteiger partial charge is 0.444 e. The first-order valence-electron chi connectivity index (χ1n) is 8.98. The van der Waals surface area contributed by atoms with Crippen molar-refractivity contribution >= 4 is 29.3 Å². The molecule has 1 aromatic rings. The van der Waals surface area contributed by atoms with Crippen LogP contribution in [0.4, 0.5) is 19.3 Å². The Morgan fingerprint density at radius 3 is 2.79 bits per heavy atom. The molecule has 1 atom stereocenters. The minimum Gasteiger partial charge on any atom is -0.444 e. The average Bonchev–Trinajstić information content (AvgIpc) is 2.63. The molecule has 12 heteroatoms. The first-order valence-corrected chi connectivity index (χ1v) is 9.36. The van der Waals surface area contributed by atoms with Crippen molar-refractivity contribution in [2.24, 2.45) is 0 Å². The van der Waals surface area contributed by atoms with Crippen LogP contribution in [0, 0.1) is 0 Å². The van der Waals surface area contributed by atoms with Crippen LogP contribution in [0.25, 0.3) is 0 Å². The van der Waals surface area contributed by atoms with Gasteiger partial charge in [0.15, 0.2) is 10.8 Å². The first kappa shape index (κ1) is 23.0. The van der Waals surface area contributed by atoms with Crippen molar-refractivity contribution in [3.8, 4) is 0 Å². The number of hydrogen-bond acceptors (Lipinski definition) is 7. The molecule has 162 valence electrons. The van der Waals surface area contributed by atoms with Crippen LogP contribution in [0.3, 0.4) is 0 Å². The maximum Gasteiger partial charge on any atom is 0.410 e. The number of nitrogens with one attached hydrogen (secondary N) is 2. The van der Waals surface area contributed by atoms with Crippen molar-refractivity contribution in [3.63, 3.8) is 0 Å². The Morgan fingerprint density at radius 1 is 1.41 bits per heavy atom. The summed E-state index contributed by atoms with van der Waals surface area (Å²) in [6.45, 7) is 5.76. The van der Waals surface area contributed by atoms with E-state index >= 15 is 0 Å². The van der Waals surface area contributed by atoms with E-state index in [1.54, 1.807) is 20.8 Å². The van der Waals surface area contributed by atoms with Gasteiger partial charge in [0.05, 0.1) is 31.5 Å². The summed E-state index contributed by atoms with van der Waals surface area (Å²) in [5.74, 6) is -0.808. The van der Waals surface area contributed by atoms with Crippen LogP contribution >= 0.6 is 11.6 Å². The van der Waals surface area contributed by atoms with Crippen LogP contribution in [0.2, 0.25) is 5.15 Å². The molecule has 9 nitrogen and oxygen atoms in total. The van der Waals surface area contributed by atoms with Crippen molar-refractivity contribution in [3.05, 3.63) is 16.9 Å². The maximum absolute atomic E-state index is 12.3. The molecular formula is C17H24ClF2N5O4. The van der Waals surface area contributed by atoms with E-state index in [1.807, 2.05) is 0 Å². The molecule has 2 rings (SSSR count). The Kier molecular flexibility index (Phi) is 7.91. The van der Waals surface area contributed by atoms with E-state index < -0.39 is 30.6 Å². The van der Waals surface area contributed by atoms with E-state index in [9.17, 15) is 18.4 Å². The molecule has 0 aliphatic carbocycles. The van der Waals surface area contributed by atoms with Crippen LogP contribution in [-0.2, 0) is 9.47 Å². The molecule has 1 saturated heterocycles. The quantitative estimate of drug-likeness (QED) is 0.705. The standard InChI is InChI=1S/C17H24ClF2N5O4/c1-17(2,3)29-16(27)25-4-5-28-10(9-25)7-21-11-6-12(18)23-24-14(11)15(26)22-8-13(19)20/h6,10,13H,4-5,7-9H2,1-3H3,(H,21,23)(H,22,26). The number of alkyl halides is 2. The highest BCUT2D eigenvalue weighted by atomic mass is 35.5. The van der Waals surface area contributed by atoms with Gasteiger partial charge in [-0.2, -0.15) is 0 Å². The van der Waals surface area contributed by atoms with Gasteiger partial charge in [-0.05, 0) is 20.8 Å². The molecule has 1 fully saturated rings. The Bertz CT molecular complexity index is 732.